The number of nitrogens with one attached hydrogen (secondary N) is 1. The average Bonchev–Trinajstić information content (AvgIpc) is 2.82. The van der Waals surface area contributed by atoms with Crippen molar-refractivity contribution in [3.8, 4) is 0 Å². The number of hydrogen-bond acceptors (Lipinski definition) is 4. The molecular formula is C14H17N3O2. The zero-order valence-electron chi connectivity index (χ0n) is 11.3. The van der Waals surface area contributed by atoms with Crippen molar-refractivity contribution >= 4 is 11.7 Å². The Labute approximate surface area is 112 Å². The normalized spacial score (nSPS) is 10.3. The van der Waals surface area contributed by atoms with E-state index in [2.05, 4.69) is 10.3 Å². The van der Waals surface area contributed by atoms with Crippen LogP contribution >= 0.6 is 0 Å². The lowest BCUT2D eigenvalue weighted by Crippen LogP contribution is -2.10. The topological polar surface area (TPSA) is 56.1 Å². The molecule has 0 saturated heterocycles. The molecule has 2 rings (SSSR count). The first-order chi connectivity index (χ1) is 9.11. The summed E-state index contributed by atoms with van der Waals surface area (Å²) in [4.78, 5) is 15.8. The fourth-order valence-corrected chi connectivity index (χ4v) is 1.83. The van der Waals surface area contributed by atoms with Crippen molar-refractivity contribution in [2.75, 3.05) is 12.4 Å². The summed E-state index contributed by atoms with van der Waals surface area (Å²) in [6.45, 7) is 2.54. The predicted octanol–water partition coefficient (Wildman–Crippen LogP) is 2.13. The number of esters is 1. The molecule has 1 aromatic heterocycles. The van der Waals surface area contributed by atoms with Crippen LogP contribution in [0.4, 0.5) is 5.69 Å². The van der Waals surface area contributed by atoms with Gasteiger partial charge in [-0.2, -0.15) is 0 Å². The van der Waals surface area contributed by atoms with E-state index >= 15 is 0 Å². The number of aromatic nitrogens is 2. The lowest BCUT2D eigenvalue weighted by molar-refractivity contribution is 0.0601. The Kier molecular flexibility index (Phi) is 3.85. The van der Waals surface area contributed by atoms with Crippen LogP contribution in [0.5, 0.6) is 0 Å². The summed E-state index contributed by atoms with van der Waals surface area (Å²) >= 11 is 0. The van der Waals surface area contributed by atoms with Crippen molar-refractivity contribution in [3.63, 3.8) is 0 Å². The largest absolute Gasteiger partial charge is 0.465 e. The molecule has 0 atom stereocenters. The Morgan fingerprint density at radius 2 is 2.26 bits per heavy atom. The molecule has 1 N–H and O–H groups in total. The number of carbonyl (C=O) groups is 1. The van der Waals surface area contributed by atoms with Crippen LogP contribution < -0.4 is 5.32 Å². The van der Waals surface area contributed by atoms with E-state index < -0.39 is 0 Å². The van der Waals surface area contributed by atoms with E-state index in [0.29, 0.717) is 12.1 Å². The first-order valence-electron chi connectivity index (χ1n) is 6.00. The van der Waals surface area contributed by atoms with Gasteiger partial charge in [0, 0.05) is 18.9 Å². The number of nitrogens with zero attached hydrogens (tertiary/aromatic N) is 2. The monoisotopic (exact) mass is 259 g/mol. The zero-order valence-corrected chi connectivity index (χ0v) is 11.3. The predicted molar refractivity (Wildman–Crippen MR) is 73.1 cm³/mol. The average molecular weight is 259 g/mol. The minimum atomic E-state index is -0.337. The molecule has 1 aromatic carbocycles. The molecule has 2 aromatic rings. The van der Waals surface area contributed by atoms with E-state index in [1.807, 2.05) is 36.7 Å². The van der Waals surface area contributed by atoms with Crippen molar-refractivity contribution in [1.82, 2.24) is 9.55 Å². The summed E-state index contributed by atoms with van der Waals surface area (Å²) in [6.07, 6.45) is 3.53. The minimum absolute atomic E-state index is 0.337. The number of aryl methyl sites for hydroxylation is 2. The number of benzene rings is 1. The van der Waals surface area contributed by atoms with Crippen molar-refractivity contribution in [3.05, 3.63) is 47.5 Å². The highest BCUT2D eigenvalue weighted by atomic mass is 16.5. The fraction of sp³-hybridized carbons (Fsp3) is 0.286. The third-order valence-electron chi connectivity index (χ3n) is 2.96. The summed E-state index contributed by atoms with van der Waals surface area (Å²) in [7, 11) is 3.32. The van der Waals surface area contributed by atoms with Gasteiger partial charge in [0.15, 0.2) is 0 Å². The van der Waals surface area contributed by atoms with Crippen molar-refractivity contribution < 1.29 is 9.53 Å². The molecule has 0 bridgehead atoms. The van der Waals surface area contributed by atoms with Crippen LogP contribution in [0.25, 0.3) is 0 Å². The van der Waals surface area contributed by atoms with E-state index in [-0.39, 0.29) is 5.97 Å². The first kappa shape index (κ1) is 13.1. The van der Waals surface area contributed by atoms with Gasteiger partial charge in [0.1, 0.15) is 0 Å². The SMILES string of the molecule is COC(=O)c1cc(C)ccc1NCc1cncn1C. The zero-order chi connectivity index (χ0) is 13.8. The van der Waals surface area contributed by atoms with Crippen LogP contribution in [0.3, 0.4) is 0 Å². The van der Waals surface area contributed by atoms with E-state index in [4.69, 9.17) is 4.74 Å². The van der Waals surface area contributed by atoms with Gasteiger partial charge in [-0.05, 0) is 19.1 Å². The Bertz CT molecular complexity index is 590. The maximum absolute atomic E-state index is 11.7. The van der Waals surface area contributed by atoms with Crippen molar-refractivity contribution in [1.29, 1.82) is 0 Å². The van der Waals surface area contributed by atoms with Gasteiger partial charge in [0.05, 0.1) is 31.2 Å². The lowest BCUT2D eigenvalue weighted by atomic mass is 10.1. The van der Waals surface area contributed by atoms with Gasteiger partial charge in [0.2, 0.25) is 0 Å². The summed E-state index contributed by atoms with van der Waals surface area (Å²) in [5, 5.41) is 3.24. The third-order valence-corrected chi connectivity index (χ3v) is 2.96. The van der Waals surface area contributed by atoms with Crippen LogP contribution in [0.15, 0.2) is 30.7 Å². The molecule has 0 spiro atoms. The van der Waals surface area contributed by atoms with Gasteiger partial charge in [-0.3, -0.25) is 0 Å². The number of carbonyl (C=O) groups excluding carboxylic acids is 1. The molecule has 19 heavy (non-hydrogen) atoms. The van der Waals surface area contributed by atoms with Crippen LogP contribution in [-0.2, 0) is 18.3 Å². The molecule has 0 saturated carbocycles. The summed E-state index contributed by atoms with van der Waals surface area (Å²) < 4.78 is 6.73. The molecular weight excluding hydrogens is 242 g/mol. The van der Waals surface area contributed by atoms with Crippen LogP contribution in [-0.4, -0.2) is 22.6 Å². The molecule has 1 heterocycles. The van der Waals surface area contributed by atoms with Gasteiger partial charge >= 0.3 is 5.97 Å². The highest BCUT2D eigenvalue weighted by Gasteiger charge is 2.12. The number of methoxy groups -OCH3 is 1. The molecule has 0 amide bonds. The number of rotatable bonds is 4. The molecule has 5 nitrogen and oxygen atoms in total. The highest BCUT2D eigenvalue weighted by molar-refractivity contribution is 5.95. The molecule has 0 fully saturated rings. The standard InChI is InChI=1S/C14H17N3O2/c1-10-4-5-13(12(6-10)14(18)19-3)16-8-11-7-15-9-17(11)2/h4-7,9,16H,8H2,1-3H3. The first-order valence-corrected chi connectivity index (χ1v) is 6.00. The van der Waals surface area contributed by atoms with E-state index in [1.54, 1.807) is 12.5 Å². The fourth-order valence-electron chi connectivity index (χ4n) is 1.83. The molecule has 5 heteroatoms. The van der Waals surface area contributed by atoms with Crippen molar-refractivity contribution in [2.24, 2.45) is 7.05 Å². The maximum atomic E-state index is 11.7. The van der Waals surface area contributed by atoms with Gasteiger partial charge in [-0.15, -0.1) is 0 Å². The van der Waals surface area contributed by atoms with Gasteiger partial charge in [-0.25, -0.2) is 9.78 Å². The van der Waals surface area contributed by atoms with Crippen LogP contribution in [0, 0.1) is 6.92 Å². The van der Waals surface area contributed by atoms with Gasteiger partial charge in [-0.1, -0.05) is 11.6 Å². The molecule has 0 aliphatic carbocycles. The Morgan fingerprint density at radius 1 is 1.47 bits per heavy atom. The molecule has 0 aliphatic rings. The Morgan fingerprint density at radius 3 is 2.89 bits per heavy atom. The minimum Gasteiger partial charge on any atom is -0.465 e. The maximum Gasteiger partial charge on any atom is 0.339 e. The molecule has 100 valence electrons. The molecule has 0 aliphatic heterocycles. The smallest absolute Gasteiger partial charge is 0.339 e. The second-order valence-corrected chi connectivity index (χ2v) is 4.39. The van der Waals surface area contributed by atoms with Gasteiger partial charge in [0.25, 0.3) is 0 Å². The second kappa shape index (κ2) is 5.56. The number of hydrogen-bond donors (Lipinski definition) is 1. The Balaban J connectivity index is 2.20. The second-order valence-electron chi connectivity index (χ2n) is 4.39. The van der Waals surface area contributed by atoms with Crippen molar-refractivity contribution in [2.45, 2.75) is 13.5 Å². The van der Waals surface area contributed by atoms with E-state index in [0.717, 1.165) is 16.9 Å². The number of imidazole rings is 1. The molecule has 0 radical (unpaired) electrons. The van der Waals surface area contributed by atoms with Gasteiger partial charge < -0.3 is 14.6 Å². The summed E-state index contributed by atoms with van der Waals surface area (Å²) in [5.74, 6) is -0.337. The summed E-state index contributed by atoms with van der Waals surface area (Å²) in [6, 6.07) is 5.66. The summed E-state index contributed by atoms with van der Waals surface area (Å²) in [5.41, 5.74) is 3.37. The van der Waals surface area contributed by atoms with E-state index in [1.165, 1.54) is 7.11 Å². The third kappa shape index (κ3) is 2.93. The Hall–Kier alpha value is -2.30. The van der Waals surface area contributed by atoms with E-state index in [9.17, 15) is 4.79 Å². The highest BCUT2D eigenvalue weighted by Crippen LogP contribution is 2.19. The lowest BCUT2D eigenvalue weighted by Gasteiger charge is -2.11. The number of ether oxygens (including phenoxy) is 1. The molecule has 0 unspecified atom stereocenters. The number of anilines is 1. The van der Waals surface area contributed by atoms with Crippen LogP contribution in [0.1, 0.15) is 21.6 Å². The van der Waals surface area contributed by atoms with Crippen LogP contribution in [0.2, 0.25) is 0 Å². The quantitative estimate of drug-likeness (QED) is 0.855.